The Morgan fingerprint density at radius 2 is 1.90 bits per heavy atom. The molecule has 0 radical (unpaired) electrons. The van der Waals surface area contributed by atoms with Gasteiger partial charge < -0.3 is 15.4 Å². The van der Waals surface area contributed by atoms with Crippen LogP contribution in [0.4, 0.5) is 4.39 Å². The number of carbonyl (C=O) groups is 1. The highest BCUT2D eigenvalue weighted by molar-refractivity contribution is 5.82. The molecule has 0 aliphatic heterocycles. The topological polar surface area (TPSA) is 55.6 Å². The van der Waals surface area contributed by atoms with Crippen LogP contribution in [0.25, 0.3) is 0 Å². The van der Waals surface area contributed by atoms with Crippen molar-refractivity contribution >= 4 is 5.91 Å². The maximum atomic E-state index is 12.7. The highest BCUT2D eigenvalue weighted by atomic mass is 19.1. The SMILES string of the molecule is CN(CCOc1ccc(F)cc1)C(=O)C(N)C(C)(C)C. The summed E-state index contributed by atoms with van der Waals surface area (Å²) in [5, 5.41) is 0. The van der Waals surface area contributed by atoms with Crippen LogP contribution in [0.3, 0.4) is 0 Å². The first-order valence-corrected chi connectivity index (χ1v) is 6.61. The van der Waals surface area contributed by atoms with Crippen LogP contribution in [-0.4, -0.2) is 37.0 Å². The number of rotatable bonds is 5. The van der Waals surface area contributed by atoms with Crippen LogP contribution in [0.15, 0.2) is 24.3 Å². The van der Waals surface area contributed by atoms with E-state index < -0.39 is 6.04 Å². The Balaban J connectivity index is 2.41. The second-order valence-corrected chi connectivity index (χ2v) is 5.91. The molecule has 0 aliphatic rings. The number of hydrogen-bond acceptors (Lipinski definition) is 3. The minimum Gasteiger partial charge on any atom is -0.492 e. The lowest BCUT2D eigenvalue weighted by Gasteiger charge is -2.29. The van der Waals surface area contributed by atoms with E-state index in [9.17, 15) is 9.18 Å². The summed E-state index contributed by atoms with van der Waals surface area (Å²) in [4.78, 5) is 13.6. The van der Waals surface area contributed by atoms with E-state index in [1.165, 1.54) is 12.1 Å². The normalized spacial score (nSPS) is 12.9. The number of ether oxygens (including phenoxy) is 1. The first-order chi connectivity index (χ1) is 9.21. The zero-order valence-electron chi connectivity index (χ0n) is 12.5. The molecule has 1 atom stereocenters. The highest BCUT2D eigenvalue weighted by Gasteiger charge is 2.29. The molecule has 1 aromatic rings. The largest absolute Gasteiger partial charge is 0.492 e. The van der Waals surface area contributed by atoms with Crippen LogP contribution in [0.2, 0.25) is 0 Å². The molecule has 0 aromatic heterocycles. The predicted octanol–water partition coefficient (Wildman–Crippen LogP) is 2.04. The minimum absolute atomic E-state index is 0.111. The van der Waals surface area contributed by atoms with Crippen molar-refractivity contribution in [2.24, 2.45) is 11.1 Å². The summed E-state index contributed by atoms with van der Waals surface area (Å²) >= 11 is 0. The number of halogens is 1. The fourth-order valence-corrected chi connectivity index (χ4v) is 1.55. The number of benzene rings is 1. The van der Waals surface area contributed by atoms with E-state index in [-0.39, 0.29) is 17.1 Å². The molecule has 1 aromatic carbocycles. The van der Waals surface area contributed by atoms with Gasteiger partial charge in [0.25, 0.3) is 0 Å². The van der Waals surface area contributed by atoms with E-state index in [0.29, 0.717) is 18.9 Å². The van der Waals surface area contributed by atoms with Gasteiger partial charge >= 0.3 is 0 Å². The maximum Gasteiger partial charge on any atom is 0.239 e. The quantitative estimate of drug-likeness (QED) is 0.899. The highest BCUT2D eigenvalue weighted by Crippen LogP contribution is 2.18. The molecule has 2 N–H and O–H groups in total. The molecule has 0 fully saturated rings. The number of hydrogen-bond donors (Lipinski definition) is 1. The summed E-state index contributed by atoms with van der Waals surface area (Å²) in [5.74, 6) is 0.161. The maximum absolute atomic E-state index is 12.7. The van der Waals surface area contributed by atoms with Crippen LogP contribution in [0, 0.1) is 11.2 Å². The molecule has 5 heteroatoms. The van der Waals surface area contributed by atoms with Crippen molar-refractivity contribution in [3.8, 4) is 5.75 Å². The van der Waals surface area contributed by atoms with Gasteiger partial charge in [-0.15, -0.1) is 0 Å². The van der Waals surface area contributed by atoms with Crippen molar-refractivity contribution < 1.29 is 13.9 Å². The molecule has 112 valence electrons. The van der Waals surface area contributed by atoms with Gasteiger partial charge in [0.05, 0.1) is 12.6 Å². The van der Waals surface area contributed by atoms with Crippen LogP contribution >= 0.6 is 0 Å². The van der Waals surface area contributed by atoms with E-state index in [1.54, 1.807) is 24.1 Å². The Labute approximate surface area is 119 Å². The fourth-order valence-electron chi connectivity index (χ4n) is 1.55. The Hall–Kier alpha value is -1.62. The summed E-state index contributed by atoms with van der Waals surface area (Å²) < 4.78 is 18.2. The average Bonchev–Trinajstić information content (AvgIpc) is 2.38. The van der Waals surface area contributed by atoms with Crippen molar-refractivity contribution in [1.29, 1.82) is 0 Å². The molecule has 4 nitrogen and oxygen atoms in total. The summed E-state index contributed by atoms with van der Waals surface area (Å²) in [6.07, 6.45) is 0. The molecule has 20 heavy (non-hydrogen) atoms. The zero-order valence-corrected chi connectivity index (χ0v) is 12.5. The first-order valence-electron chi connectivity index (χ1n) is 6.61. The van der Waals surface area contributed by atoms with E-state index >= 15 is 0 Å². The van der Waals surface area contributed by atoms with E-state index in [4.69, 9.17) is 10.5 Å². The molecular weight excluding hydrogens is 259 g/mol. The Kier molecular flexibility index (Phi) is 5.51. The van der Waals surface area contributed by atoms with Crippen molar-refractivity contribution in [3.05, 3.63) is 30.1 Å². The van der Waals surface area contributed by atoms with Gasteiger partial charge in [0.2, 0.25) is 5.91 Å². The van der Waals surface area contributed by atoms with Gasteiger partial charge in [-0.1, -0.05) is 20.8 Å². The van der Waals surface area contributed by atoms with E-state index in [1.807, 2.05) is 20.8 Å². The van der Waals surface area contributed by atoms with Crippen molar-refractivity contribution in [3.63, 3.8) is 0 Å². The smallest absolute Gasteiger partial charge is 0.239 e. The molecule has 1 amide bonds. The molecular formula is C15H23FN2O2. The summed E-state index contributed by atoms with van der Waals surface area (Å²) in [6, 6.07) is 5.23. The lowest BCUT2D eigenvalue weighted by atomic mass is 9.86. The molecule has 0 heterocycles. The minimum atomic E-state index is -0.543. The third kappa shape index (κ3) is 4.81. The number of carbonyl (C=O) groups excluding carboxylic acids is 1. The van der Waals surface area contributed by atoms with Crippen molar-refractivity contribution in [2.75, 3.05) is 20.2 Å². The van der Waals surface area contributed by atoms with Crippen LogP contribution < -0.4 is 10.5 Å². The second kappa shape index (κ2) is 6.70. The van der Waals surface area contributed by atoms with Crippen LogP contribution in [0.5, 0.6) is 5.75 Å². The fraction of sp³-hybridized carbons (Fsp3) is 0.533. The average molecular weight is 282 g/mol. The number of amides is 1. The van der Waals surface area contributed by atoms with Gasteiger partial charge in [-0.2, -0.15) is 0 Å². The lowest BCUT2D eigenvalue weighted by molar-refractivity contribution is -0.133. The number of nitrogens with zero attached hydrogens (tertiary/aromatic N) is 1. The molecule has 0 spiro atoms. The Morgan fingerprint density at radius 3 is 2.40 bits per heavy atom. The second-order valence-electron chi connectivity index (χ2n) is 5.91. The lowest BCUT2D eigenvalue weighted by Crippen LogP contribution is -2.49. The van der Waals surface area contributed by atoms with Gasteiger partial charge in [0, 0.05) is 7.05 Å². The first kappa shape index (κ1) is 16.4. The standard InChI is InChI=1S/C15H23FN2O2/c1-15(2,3)13(17)14(19)18(4)9-10-20-12-7-5-11(16)6-8-12/h5-8,13H,9-10,17H2,1-4H3. The van der Waals surface area contributed by atoms with Crippen molar-refractivity contribution in [2.45, 2.75) is 26.8 Å². The molecule has 0 aliphatic carbocycles. The van der Waals surface area contributed by atoms with Crippen molar-refractivity contribution in [1.82, 2.24) is 4.90 Å². The summed E-state index contributed by atoms with van der Waals surface area (Å²) in [7, 11) is 1.70. The molecule has 0 bridgehead atoms. The summed E-state index contributed by atoms with van der Waals surface area (Å²) in [5.41, 5.74) is 5.65. The van der Waals surface area contributed by atoms with Gasteiger partial charge in [0.1, 0.15) is 18.2 Å². The Bertz CT molecular complexity index is 440. The van der Waals surface area contributed by atoms with Gasteiger partial charge in [-0.05, 0) is 29.7 Å². The van der Waals surface area contributed by atoms with Gasteiger partial charge in [-0.3, -0.25) is 4.79 Å². The molecule has 1 unspecified atom stereocenters. The number of nitrogens with two attached hydrogens (primary N) is 1. The third-order valence-electron chi connectivity index (χ3n) is 3.08. The monoisotopic (exact) mass is 282 g/mol. The van der Waals surface area contributed by atoms with Gasteiger partial charge in [0.15, 0.2) is 0 Å². The predicted molar refractivity (Wildman–Crippen MR) is 77.0 cm³/mol. The van der Waals surface area contributed by atoms with E-state index in [2.05, 4.69) is 0 Å². The van der Waals surface area contributed by atoms with Crippen LogP contribution in [-0.2, 0) is 4.79 Å². The molecule has 1 rings (SSSR count). The van der Waals surface area contributed by atoms with Gasteiger partial charge in [-0.25, -0.2) is 4.39 Å². The van der Waals surface area contributed by atoms with E-state index in [0.717, 1.165) is 0 Å². The third-order valence-corrected chi connectivity index (χ3v) is 3.08. The summed E-state index contributed by atoms with van der Waals surface area (Å²) in [6.45, 7) is 6.56. The molecule has 0 saturated carbocycles. The Morgan fingerprint density at radius 1 is 1.35 bits per heavy atom. The van der Waals surface area contributed by atoms with Crippen LogP contribution in [0.1, 0.15) is 20.8 Å². The molecule has 0 saturated heterocycles. The number of likely N-dealkylation sites (N-methyl/N-ethyl adjacent to an activating group) is 1. The zero-order chi connectivity index (χ0) is 15.3.